The number of benzene rings is 2. The Kier molecular flexibility index (Phi) is 5.88. The number of pyridine rings is 2. The highest BCUT2D eigenvalue weighted by molar-refractivity contribution is 5.96. The summed E-state index contributed by atoms with van der Waals surface area (Å²) in [7, 11) is 0. The van der Waals surface area contributed by atoms with Gasteiger partial charge in [0.25, 0.3) is 5.91 Å². The number of nitrogen functional groups attached to an aromatic ring is 1. The quantitative estimate of drug-likeness (QED) is 0.252. The number of hydrogen-bond acceptors (Lipinski definition) is 8. The molecule has 5 aromatic rings. The highest BCUT2D eigenvalue weighted by Crippen LogP contribution is 2.36. The number of imidazole rings is 1. The number of carbonyl (C=O) groups is 2. The molecule has 7 rings (SSSR count). The number of hydrogen-bond donors (Lipinski definition) is 3. The van der Waals surface area contributed by atoms with Crippen LogP contribution in [0.5, 0.6) is 11.6 Å². The van der Waals surface area contributed by atoms with Gasteiger partial charge in [-0.3, -0.25) is 14.2 Å². The molecule has 1 amide bonds. The number of phenolic OH excluding ortho intramolecular Hbond substituents is 1. The molecule has 2 aromatic carbocycles. The molecule has 10 nitrogen and oxygen atoms in total. The third kappa shape index (κ3) is 4.53. The number of ether oxygens (including phenoxy) is 1. The number of carbonyl (C=O) groups excluding carboxylic acids is 2. The Labute approximate surface area is 234 Å². The van der Waals surface area contributed by atoms with E-state index < -0.39 is 0 Å². The Morgan fingerprint density at radius 1 is 1.07 bits per heavy atom. The summed E-state index contributed by atoms with van der Waals surface area (Å²) in [5.74, 6) is 1.09. The van der Waals surface area contributed by atoms with E-state index in [0.29, 0.717) is 46.1 Å². The SMILES string of the molecule is Nc1ncccc1-c1nc2ccc(OC3CC3)nc2n1-c1ccc2c(c1)CC[C@@H]2NC(=O)c1ccc(O)c(C=O)c1. The summed E-state index contributed by atoms with van der Waals surface area (Å²) >= 11 is 0. The van der Waals surface area contributed by atoms with E-state index in [1.165, 1.54) is 18.2 Å². The first kappa shape index (κ1) is 24.8. The molecule has 0 spiro atoms. The summed E-state index contributed by atoms with van der Waals surface area (Å²) < 4.78 is 7.96. The molecule has 41 heavy (non-hydrogen) atoms. The monoisotopic (exact) mass is 546 g/mol. The number of rotatable bonds is 7. The topological polar surface area (TPSA) is 145 Å². The lowest BCUT2D eigenvalue weighted by molar-refractivity contribution is 0.0936. The number of nitrogens with two attached hydrogens (primary N) is 1. The molecule has 3 aromatic heterocycles. The second-order valence-electron chi connectivity index (χ2n) is 10.4. The first-order chi connectivity index (χ1) is 20.0. The lowest BCUT2D eigenvalue weighted by Gasteiger charge is -2.16. The Morgan fingerprint density at radius 3 is 2.76 bits per heavy atom. The minimum atomic E-state index is -0.308. The zero-order valence-electron chi connectivity index (χ0n) is 21.9. The highest BCUT2D eigenvalue weighted by atomic mass is 16.5. The lowest BCUT2D eigenvalue weighted by atomic mass is 10.1. The van der Waals surface area contributed by atoms with Gasteiger partial charge < -0.3 is 20.9 Å². The number of nitrogens with zero attached hydrogens (tertiary/aromatic N) is 4. The highest BCUT2D eigenvalue weighted by Gasteiger charge is 2.27. The Balaban J connectivity index is 1.26. The number of aldehydes is 1. The van der Waals surface area contributed by atoms with Crippen molar-refractivity contribution in [1.29, 1.82) is 0 Å². The van der Waals surface area contributed by atoms with Crippen LogP contribution < -0.4 is 15.8 Å². The number of nitrogens with one attached hydrogen (secondary N) is 1. The van der Waals surface area contributed by atoms with Gasteiger partial charge in [0.05, 0.1) is 17.2 Å². The number of anilines is 1. The van der Waals surface area contributed by atoms with Gasteiger partial charge in [-0.25, -0.2) is 9.97 Å². The summed E-state index contributed by atoms with van der Waals surface area (Å²) in [5, 5.41) is 12.8. The number of amides is 1. The maximum absolute atomic E-state index is 13.0. The number of aryl methyl sites for hydroxylation is 1. The van der Waals surface area contributed by atoms with Crippen LogP contribution in [0, 0.1) is 0 Å². The van der Waals surface area contributed by atoms with Gasteiger partial charge in [-0.1, -0.05) is 6.07 Å². The van der Waals surface area contributed by atoms with Gasteiger partial charge >= 0.3 is 0 Å². The third-order valence-corrected chi connectivity index (χ3v) is 7.55. The van der Waals surface area contributed by atoms with E-state index in [-0.39, 0.29) is 29.4 Å². The maximum atomic E-state index is 13.0. The van der Waals surface area contributed by atoms with Crippen molar-refractivity contribution in [2.75, 3.05) is 5.73 Å². The van der Waals surface area contributed by atoms with E-state index in [1.807, 2.05) is 41.0 Å². The van der Waals surface area contributed by atoms with E-state index in [0.717, 1.165) is 42.5 Å². The van der Waals surface area contributed by atoms with Gasteiger partial charge in [0.1, 0.15) is 23.2 Å². The number of aromatic hydroxyl groups is 1. The Bertz CT molecular complexity index is 1840. The van der Waals surface area contributed by atoms with Crippen LogP contribution in [-0.4, -0.2) is 42.9 Å². The zero-order valence-corrected chi connectivity index (χ0v) is 21.9. The summed E-state index contributed by atoms with van der Waals surface area (Å²) in [6, 6.07) is 17.6. The fraction of sp³-hybridized carbons (Fsp3) is 0.194. The molecule has 0 aliphatic heterocycles. The minimum absolute atomic E-state index is 0.0750. The molecule has 4 N–H and O–H groups in total. The smallest absolute Gasteiger partial charge is 0.251 e. The first-order valence-electron chi connectivity index (χ1n) is 13.5. The molecule has 0 unspecified atom stereocenters. The van der Waals surface area contributed by atoms with Gasteiger partial charge in [0.2, 0.25) is 5.88 Å². The summed E-state index contributed by atoms with van der Waals surface area (Å²) in [4.78, 5) is 38.2. The van der Waals surface area contributed by atoms with Gasteiger partial charge in [0, 0.05) is 23.5 Å². The van der Waals surface area contributed by atoms with E-state index in [1.54, 1.807) is 6.20 Å². The van der Waals surface area contributed by atoms with Crippen LogP contribution in [0.25, 0.3) is 28.2 Å². The Hall–Kier alpha value is -5.25. The molecule has 204 valence electrons. The first-order valence-corrected chi connectivity index (χ1v) is 13.5. The zero-order chi connectivity index (χ0) is 28.1. The fourth-order valence-corrected chi connectivity index (χ4v) is 5.32. The number of phenols is 1. The van der Waals surface area contributed by atoms with Crippen molar-refractivity contribution < 1.29 is 19.4 Å². The normalized spacial score (nSPS) is 16.0. The van der Waals surface area contributed by atoms with Crippen LogP contribution in [0.2, 0.25) is 0 Å². The molecule has 0 saturated heterocycles. The van der Waals surface area contributed by atoms with Crippen molar-refractivity contribution in [3.05, 3.63) is 89.1 Å². The summed E-state index contributed by atoms with van der Waals surface area (Å²) in [6.07, 6.45) is 5.95. The van der Waals surface area contributed by atoms with Crippen LogP contribution in [0.4, 0.5) is 5.82 Å². The summed E-state index contributed by atoms with van der Waals surface area (Å²) in [5.41, 5.74) is 11.7. The molecule has 2 aliphatic rings. The van der Waals surface area contributed by atoms with Crippen molar-refractivity contribution in [3.63, 3.8) is 0 Å². The largest absolute Gasteiger partial charge is 0.507 e. The van der Waals surface area contributed by atoms with Gasteiger partial charge in [-0.15, -0.1) is 0 Å². The van der Waals surface area contributed by atoms with Crippen LogP contribution in [0.1, 0.15) is 57.1 Å². The van der Waals surface area contributed by atoms with Crippen LogP contribution >= 0.6 is 0 Å². The van der Waals surface area contributed by atoms with E-state index in [2.05, 4.69) is 16.4 Å². The van der Waals surface area contributed by atoms with Crippen molar-refractivity contribution in [2.45, 2.75) is 37.8 Å². The molecule has 1 atom stereocenters. The molecule has 10 heteroatoms. The van der Waals surface area contributed by atoms with Crippen molar-refractivity contribution >= 4 is 29.2 Å². The number of fused-ring (bicyclic) bond motifs is 2. The van der Waals surface area contributed by atoms with Crippen molar-refractivity contribution in [2.24, 2.45) is 0 Å². The van der Waals surface area contributed by atoms with Gasteiger partial charge in [-0.05, 0) is 85.3 Å². The molecule has 2 aliphatic carbocycles. The average Bonchev–Trinajstić information content (AvgIpc) is 3.59. The van der Waals surface area contributed by atoms with E-state index in [4.69, 9.17) is 20.4 Å². The maximum Gasteiger partial charge on any atom is 0.251 e. The second-order valence-corrected chi connectivity index (χ2v) is 10.4. The second kappa shape index (κ2) is 9.74. The third-order valence-electron chi connectivity index (χ3n) is 7.55. The average molecular weight is 547 g/mol. The Morgan fingerprint density at radius 2 is 1.95 bits per heavy atom. The fourth-order valence-electron chi connectivity index (χ4n) is 5.32. The summed E-state index contributed by atoms with van der Waals surface area (Å²) in [6.45, 7) is 0. The van der Waals surface area contributed by atoms with E-state index >= 15 is 0 Å². The number of aromatic nitrogens is 4. The molecule has 0 bridgehead atoms. The molecule has 1 saturated carbocycles. The molecule has 1 fully saturated rings. The molecule has 3 heterocycles. The molecular formula is C31H26N6O4. The van der Waals surface area contributed by atoms with Crippen molar-refractivity contribution in [3.8, 4) is 28.7 Å². The lowest BCUT2D eigenvalue weighted by Crippen LogP contribution is -2.27. The predicted octanol–water partition coefficient (Wildman–Crippen LogP) is 4.54. The predicted molar refractivity (Wildman–Crippen MR) is 152 cm³/mol. The van der Waals surface area contributed by atoms with Crippen molar-refractivity contribution in [1.82, 2.24) is 24.8 Å². The van der Waals surface area contributed by atoms with Crippen LogP contribution in [0.3, 0.4) is 0 Å². The van der Waals surface area contributed by atoms with Gasteiger partial charge in [-0.2, -0.15) is 4.98 Å². The minimum Gasteiger partial charge on any atom is -0.507 e. The standard InChI is InChI=1S/C31H26N6O4/c32-28-23(2-1-13-33-28)29-34-25-10-12-27(41-21-6-7-21)36-30(25)37(29)20-5-8-22-17(15-20)3-9-24(22)35-31(40)18-4-11-26(39)19(14-18)16-38/h1-2,4-5,8,10-16,21,24,39H,3,6-7,9H2,(H2,32,33)(H,35,40)/t24-/m0/s1. The van der Waals surface area contributed by atoms with E-state index in [9.17, 15) is 14.7 Å². The van der Waals surface area contributed by atoms with Crippen LogP contribution in [-0.2, 0) is 6.42 Å². The van der Waals surface area contributed by atoms with Crippen LogP contribution in [0.15, 0.2) is 66.9 Å². The molecule has 0 radical (unpaired) electrons. The van der Waals surface area contributed by atoms with Gasteiger partial charge in [0.15, 0.2) is 17.8 Å². The molecular weight excluding hydrogens is 520 g/mol.